The molecule has 3 aliphatic rings. The summed E-state index contributed by atoms with van der Waals surface area (Å²) in [6.07, 6.45) is -6.47. The zero-order valence-corrected chi connectivity index (χ0v) is 21.0. The van der Waals surface area contributed by atoms with E-state index in [2.05, 4.69) is 37.3 Å². The van der Waals surface area contributed by atoms with Crippen LogP contribution in [0.5, 0.6) is 0 Å². The molecule has 14 N–H and O–H groups in total. The maximum atomic E-state index is 13.0. The van der Waals surface area contributed by atoms with Gasteiger partial charge in [0.05, 0.1) is 13.2 Å². The van der Waals surface area contributed by atoms with Gasteiger partial charge < -0.3 is 52.2 Å². The SMILES string of the molecule is CC(=O)NC(CCC[NH3+])CC(=O)N[C@@H]1[C@H](O)[C@@H](OC(N)=O)[C@@H](CO)O[C@H]1NC1=[NH+]C2C(=O)NCC(O)C2N1. The number of amides is 4. The van der Waals surface area contributed by atoms with Crippen LogP contribution in [-0.2, 0) is 23.9 Å². The molecule has 2 saturated heterocycles. The summed E-state index contributed by atoms with van der Waals surface area (Å²) in [5.74, 6) is -1.03. The number of ether oxygens (including phenoxy) is 2. The van der Waals surface area contributed by atoms with Gasteiger partial charge in [0.1, 0.15) is 30.4 Å². The predicted octanol–water partition coefficient (Wildman–Crippen LogP) is -8.21. The number of hydrogen-bond acceptors (Lipinski definition) is 11. The molecule has 3 rings (SSSR count). The second-order valence-electron chi connectivity index (χ2n) is 9.48. The van der Waals surface area contributed by atoms with E-state index in [1.165, 1.54) is 6.92 Å². The maximum absolute atomic E-state index is 13.0. The fourth-order valence-electron chi connectivity index (χ4n) is 4.79. The highest BCUT2D eigenvalue weighted by molar-refractivity contribution is 5.87. The van der Waals surface area contributed by atoms with Crippen LogP contribution in [0.3, 0.4) is 0 Å². The molecule has 0 radical (unpaired) electrons. The lowest BCUT2D eigenvalue weighted by Crippen LogP contribution is -2.86. The van der Waals surface area contributed by atoms with Crippen LogP contribution >= 0.6 is 0 Å². The lowest BCUT2D eigenvalue weighted by molar-refractivity contribution is -0.485. The average molecular weight is 547 g/mol. The number of carbonyl (C=O) groups is 4. The molecule has 3 aliphatic heterocycles. The van der Waals surface area contributed by atoms with Crippen LogP contribution < -0.4 is 43.0 Å². The van der Waals surface area contributed by atoms with Crippen molar-refractivity contribution in [3.05, 3.63) is 0 Å². The second-order valence-corrected chi connectivity index (χ2v) is 9.48. The molecular formula is C21H38N8O9+2. The van der Waals surface area contributed by atoms with Crippen molar-refractivity contribution in [2.24, 2.45) is 5.73 Å². The quantitative estimate of drug-likeness (QED) is 0.122. The number of primary amides is 1. The molecule has 17 heteroatoms. The van der Waals surface area contributed by atoms with Gasteiger partial charge in [-0.3, -0.25) is 24.7 Å². The monoisotopic (exact) mass is 546 g/mol. The molecule has 4 amide bonds. The van der Waals surface area contributed by atoms with E-state index >= 15 is 0 Å². The maximum Gasteiger partial charge on any atom is 0.404 e. The van der Waals surface area contributed by atoms with Crippen LogP contribution in [0.4, 0.5) is 4.79 Å². The molecule has 0 saturated carbocycles. The van der Waals surface area contributed by atoms with Crippen molar-refractivity contribution in [2.75, 3.05) is 19.7 Å². The van der Waals surface area contributed by atoms with Crippen LogP contribution in [0, 0.1) is 0 Å². The van der Waals surface area contributed by atoms with Crippen molar-refractivity contribution in [1.82, 2.24) is 26.6 Å². The second kappa shape index (κ2) is 13.0. The van der Waals surface area contributed by atoms with Gasteiger partial charge in [-0.15, -0.1) is 0 Å². The molecule has 2 fully saturated rings. The molecule has 0 aliphatic carbocycles. The lowest BCUT2D eigenvalue weighted by Gasteiger charge is -2.42. The lowest BCUT2D eigenvalue weighted by atomic mass is 9.95. The summed E-state index contributed by atoms with van der Waals surface area (Å²) in [6.45, 7) is 1.34. The zero-order chi connectivity index (χ0) is 28.0. The van der Waals surface area contributed by atoms with Gasteiger partial charge in [-0.2, -0.15) is 0 Å². The zero-order valence-electron chi connectivity index (χ0n) is 21.0. The van der Waals surface area contributed by atoms with Crippen molar-refractivity contribution in [1.29, 1.82) is 0 Å². The minimum absolute atomic E-state index is 0.0571. The molecule has 9 atom stereocenters. The van der Waals surface area contributed by atoms with Crippen LogP contribution in [-0.4, -0.2) is 120 Å². The third-order valence-electron chi connectivity index (χ3n) is 6.56. The highest BCUT2D eigenvalue weighted by Gasteiger charge is 2.52. The Labute approximate surface area is 218 Å². The van der Waals surface area contributed by atoms with Crippen LogP contribution in [0.25, 0.3) is 0 Å². The van der Waals surface area contributed by atoms with Crippen molar-refractivity contribution in [3.63, 3.8) is 0 Å². The van der Waals surface area contributed by atoms with Gasteiger partial charge in [0, 0.05) is 25.9 Å². The molecule has 0 aromatic carbocycles. The summed E-state index contributed by atoms with van der Waals surface area (Å²) in [5.41, 5.74) is 8.89. The van der Waals surface area contributed by atoms with E-state index in [1.54, 1.807) is 0 Å². The van der Waals surface area contributed by atoms with E-state index in [4.69, 9.17) is 15.2 Å². The van der Waals surface area contributed by atoms with E-state index in [9.17, 15) is 34.5 Å². The highest BCUT2D eigenvalue weighted by Crippen LogP contribution is 2.23. The molecule has 3 heterocycles. The Balaban J connectivity index is 1.79. The number of fused-ring (bicyclic) bond motifs is 1. The highest BCUT2D eigenvalue weighted by atomic mass is 16.6. The van der Waals surface area contributed by atoms with Crippen molar-refractivity contribution >= 4 is 29.8 Å². The Morgan fingerprint density at radius 1 is 1.34 bits per heavy atom. The number of piperidine rings is 1. The third-order valence-corrected chi connectivity index (χ3v) is 6.56. The van der Waals surface area contributed by atoms with Gasteiger partial charge in [-0.05, 0) is 12.8 Å². The summed E-state index contributed by atoms with van der Waals surface area (Å²) in [6, 6.07) is -3.17. The molecule has 0 aromatic rings. The Hall–Kier alpha value is -3.25. The summed E-state index contributed by atoms with van der Waals surface area (Å²) in [7, 11) is 0. The van der Waals surface area contributed by atoms with Gasteiger partial charge in [0.15, 0.2) is 18.4 Å². The number of guanidine groups is 1. The first kappa shape index (κ1) is 29.3. The Morgan fingerprint density at radius 3 is 2.68 bits per heavy atom. The van der Waals surface area contributed by atoms with E-state index in [1.807, 2.05) is 0 Å². The number of rotatable bonds is 10. The fraction of sp³-hybridized carbons (Fsp3) is 0.762. The number of nitrogens with one attached hydrogen (secondary N) is 6. The summed E-state index contributed by atoms with van der Waals surface area (Å²) in [5, 5.41) is 44.9. The largest absolute Gasteiger partial charge is 0.441 e. The minimum atomic E-state index is -1.58. The number of aliphatic hydroxyl groups is 3. The molecule has 0 spiro atoms. The van der Waals surface area contributed by atoms with Gasteiger partial charge >= 0.3 is 12.1 Å². The summed E-state index contributed by atoms with van der Waals surface area (Å²) in [4.78, 5) is 51.1. The molecule has 214 valence electrons. The van der Waals surface area contributed by atoms with Crippen molar-refractivity contribution < 1.29 is 54.7 Å². The van der Waals surface area contributed by atoms with E-state index in [0.29, 0.717) is 19.4 Å². The fourth-order valence-corrected chi connectivity index (χ4v) is 4.79. The number of nitrogens with two attached hydrogens (primary N) is 1. The van der Waals surface area contributed by atoms with Gasteiger partial charge in [0.25, 0.3) is 5.91 Å². The van der Waals surface area contributed by atoms with E-state index < -0.39 is 73.4 Å². The number of hydrogen-bond donors (Lipinski definition) is 11. The van der Waals surface area contributed by atoms with E-state index in [0.717, 1.165) is 0 Å². The first-order valence-corrected chi connectivity index (χ1v) is 12.4. The first-order valence-electron chi connectivity index (χ1n) is 12.4. The molecule has 0 aromatic heterocycles. The van der Waals surface area contributed by atoms with Gasteiger partial charge in [-0.1, -0.05) is 0 Å². The predicted molar refractivity (Wildman–Crippen MR) is 126 cm³/mol. The van der Waals surface area contributed by atoms with Crippen molar-refractivity contribution in [2.45, 2.75) is 81.0 Å². The molecule has 4 unspecified atom stereocenters. The topological polar surface area (TPSA) is 275 Å². The van der Waals surface area contributed by atoms with Gasteiger partial charge in [-0.25, -0.2) is 10.1 Å². The Morgan fingerprint density at radius 2 is 2.08 bits per heavy atom. The summed E-state index contributed by atoms with van der Waals surface area (Å²) < 4.78 is 10.8. The van der Waals surface area contributed by atoms with Gasteiger partial charge in [0.2, 0.25) is 11.8 Å². The van der Waals surface area contributed by atoms with Crippen molar-refractivity contribution in [3.8, 4) is 0 Å². The van der Waals surface area contributed by atoms with Crippen LogP contribution in [0.15, 0.2) is 0 Å². The molecule has 38 heavy (non-hydrogen) atoms. The number of aliphatic hydroxyl groups excluding tert-OH is 3. The Kier molecular flexibility index (Phi) is 10.0. The normalized spacial score (nSPS) is 33.1. The Bertz CT molecular complexity index is 921. The smallest absolute Gasteiger partial charge is 0.404 e. The third kappa shape index (κ3) is 7.19. The number of quaternary nitrogens is 1. The number of β-amino-alcohol motifs (C(OH)–C–C–N with tert-alkyl or cyclic N) is 1. The molecule has 0 bridgehead atoms. The minimum Gasteiger partial charge on any atom is -0.441 e. The summed E-state index contributed by atoms with van der Waals surface area (Å²) >= 11 is 0. The number of carbonyl (C=O) groups excluding carboxylic acids is 4. The molecular weight excluding hydrogens is 508 g/mol. The van der Waals surface area contributed by atoms with Crippen LogP contribution in [0.1, 0.15) is 26.2 Å². The van der Waals surface area contributed by atoms with Crippen LogP contribution in [0.2, 0.25) is 0 Å². The van der Waals surface area contributed by atoms with E-state index in [-0.39, 0.29) is 30.7 Å². The average Bonchev–Trinajstić information content (AvgIpc) is 3.28. The standard InChI is InChI=1S/C21H36N8O9/c1-8(31)25-9(3-2-4-22)5-12(33)26-15-16(34)17(38-20(23)36)11(7-30)37-19(15)29-21-27-13-10(32)6-24-18(35)14(13)28-21/h9-11,13-17,19,30,32,34H,2-7,22H2,1H3,(H2,23,36)(H,24,35)(H,25,31)(H,26,33)(H2,27,28,29)/p+2/t9?,10?,11-,13?,14?,15-,16+,17+,19-/m1/s1. The molecule has 17 nitrogen and oxygen atoms in total. The first-order chi connectivity index (χ1) is 18.0.